The molecule has 0 unspecified atom stereocenters. The van der Waals surface area contributed by atoms with Gasteiger partial charge in [0.2, 0.25) is 0 Å². The molecule has 3 rings (SSSR count). The highest BCUT2D eigenvalue weighted by molar-refractivity contribution is 7.17. The molecule has 0 aliphatic carbocycles. The summed E-state index contributed by atoms with van der Waals surface area (Å²) >= 11 is 1.37. The van der Waals surface area contributed by atoms with Crippen LogP contribution in [0.3, 0.4) is 0 Å². The average Bonchev–Trinajstić information content (AvgIpc) is 3.04. The highest BCUT2D eigenvalue weighted by atomic mass is 32.1. The lowest BCUT2D eigenvalue weighted by atomic mass is 10.2. The second-order valence-corrected chi connectivity index (χ2v) is 6.77. The smallest absolute Gasteiger partial charge is 0.196 e. The maximum Gasteiger partial charge on any atom is 0.196 e. The van der Waals surface area contributed by atoms with Gasteiger partial charge in [-0.15, -0.1) is 11.3 Å². The molecule has 2 heterocycles. The Hall–Kier alpha value is -2.86. The molecule has 5 nitrogen and oxygen atoms in total. The van der Waals surface area contributed by atoms with E-state index in [0.717, 1.165) is 33.3 Å². The fraction of sp³-hybridized carbons (Fsp3) is 0.200. The second-order valence-electron chi connectivity index (χ2n) is 5.77. The molecule has 0 amide bonds. The Labute approximate surface area is 156 Å². The summed E-state index contributed by atoms with van der Waals surface area (Å²) in [5.41, 5.74) is 3.50. The Morgan fingerprint density at radius 1 is 1.23 bits per heavy atom. The lowest BCUT2D eigenvalue weighted by Gasteiger charge is -1.99. The Morgan fingerprint density at radius 2 is 2.00 bits per heavy atom. The largest absolute Gasteiger partial charge is 0.497 e. The van der Waals surface area contributed by atoms with E-state index in [4.69, 9.17) is 4.74 Å². The Bertz CT molecular complexity index is 946. The molecule has 0 N–H and O–H groups in total. The molecule has 2 aromatic heterocycles. The van der Waals surface area contributed by atoms with Gasteiger partial charge in [0.1, 0.15) is 23.0 Å². The van der Waals surface area contributed by atoms with Gasteiger partial charge in [-0.05, 0) is 55.3 Å². The van der Waals surface area contributed by atoms with Gasteiger partial charge in [0.25, 0.3) is 0 Å². The van der Waals surface area contributed by atoms with Gasteiger partial charge in [-0.3, -0.25) is 14.8 Å². The number of benzene rings is 1. The van der Waals surface area contributed by atoms with E-state index in [1.807, 2.05) is 50.2 Å². The van der Waals surface area contributed by atoms with Crippen LogP contribution in [-0.2, 0) is 0 Å². The first-order valence-corrected chi connectivity index (χ1v) is 8.96. The number of hydrogen-bond donors (Lipinski definition) is 0. The van der Waals surface area contributed by atoms with E-state index in [-0.39, 0.29) is 12.3 Å². The zero-order valence-corrected chi connectivity index (χ0v) is 15.7. The van der Waals surface area contributed by atoms with E-state index in [1.54, 1.807) is 19.5 Å². The van der Waals surface area contributed by atoms with Crippen molar-refractivity contribution in [2.45, 2.75) is 13.8 Å². The summed E-state index contributed by atoms with van der Waals surface area (Å²) in [5, 5.41) is 0.767. The predicted molar refractivity (Wildman–Crippen MR) is 105 cm³/mol. The summed E-state index contributed by atoms with van der Waals surface area (Å²) in [5.74, 6) is 0.750. The summed E-state index contributed by atoms with van der Waals surface area (Å²) in [4.78, 5) is 26.3. The van der Waals surface area contributed by atoms with E-state index in [0.29, 0.717) is 4.88 Å². The maximum absolute atomic E-state index is 12.5. The van der Waals surface area contributed by atoms with E-state index < -0.39 is 0 Å². The zero-order valence-electron chi connectivity index (χ0n) is 14.9. The average molecular weight is 365 g/mol. The van der Waals surface area contributed by atoms with Gasteiger partial charge in [0.05, 0.1) is 17.7 Å². The van der Waals surface area contributed by atoms with Gasteiger partial charge in [0, 0.05) is 12.4 Å². The number of ketones is 1. The molecule has 0 saturated carbocycles. The number of aliphatic imine (C=N–C) groups is 1. The second kappa shape index (κ2) is 8.01. The predicted octanol–water partition coefficient (Wildman–Crippen LogP) is 4.13. The molecule has 3 aromatic rings. The van der Waals surface area contributed by atoms with Gasteiger partial charge in [-0.25, -0.2) is 4.98 Å². The van der Waals surface area contributed by atoms with Crippen LogP contribution >= 0.6 is 11.3 Å². The lowest BCUT2D eigenvalue weighted by molar-refractivity contribution is 0.100. The number of carbonyl (C=O) groups excluding carboxylic acids is 1. The van der Waals surface area contributed by atoms with E-state index in [1.165, 1.54) is 11.3 Å². The van der Waals surface area contributed by atoms with Crippen LogP contribution in [0.5, 0.6) is 5.75 Å². The summed E-state index contributed by atoms with van der Waals surface area (Å²) < 4.78 is 5.12. The minimum absolute atomic E-state index is 0.0374. The molecule has 0 aliphatic rings. The Morgan fingerprint density at radius 3 is 2.69 bits per heavy atom. The highest BCUT2D eigenvalue weighted by Crippen LogP contribution is 2.28. The van der Waals surface area contributed by atoms with E-state index in [2.05, 4.69) is 15.0 Å². The van der Waals surface area contributed by atoms with Crippen molar-refractivity contribution in [1.82, 2.24) is 9.97 Å². The number of methoxy groups -OCH3 is 1. The Balaban J connectivity index is 1.72. The van der Waals surface area contributed by atoms with Gasteiger partial charge in [-0.2, -0.15) is 0 Å². The minimum Gasteiger partial charge on any atom is -0.497 e. The number of aromatic nitrogens is 2. The highest BCUT2D eigenvalue weighted by Gasteiger charge is 2.17. The quantitative estimate of drug-likeness (QED) is 0.487. The molecule has 0 radical (unpaired) electrons. The van der Waals surface area contributed by atoms with Crippen molar-refractivity contribution >= 4 is 23.3 Å². The van der Waals surface area contributed by atoms with Crippen molar-refractivity contribution < 1.29 is 9.53 Å². The molecule has 0 spiro atoms. The van der Waals surface area contributed by atoms with Crippen molar-refractivity contribution in [2.75, 3.05) is 13.7 Å². The SMILES string of the molecule is COc1ccc(C=NCC(=O)c2sc(-c3ncccc3C)nc2C)cc1. The maximum atomic E-state index is 12.5. The molecular formula is C20H19N3O2S. The lowest BCUT2D eigenvalue weighted by Crippen LogP contribution is -2.03. The van der Waals surface area contributed by atoms with Crippen LogP contribution in [0.2, 0.25) is 0 Å². The van der Waals surface area contributed by atoms with Crippen LogP contribution in [0.4, 0.5) is 0 Å². The third-order valence-electron chi connectivity index (χ3n) is 3.85. The summed E-state index contributed by atoms with van der Waals surface area (Å²) in [6, 6.07) is 11.4. The number of Topliss-reactive ketones (excluding diaryl/α,β-unsaturated/α-hetero) is 1. The molecule has 6 heteroatoms. The fourth-order valence-corrected chi connectivity index (χ4v) is 3.52. The van der Waals surface area contributed by atoms with Crippen LogP contribution in [0.25, 0.3) is 10.7 Å². The topological polar surface area (TPSA) is 64.4 Å². The van der Waals surface area contributed by atoms with Gasteiger partial charge < -0.3 is 4.74 Å². The van der Waals surface area contributed by atoms with Crippen molar-refractivity contribution in [2.24, 2.45) is 4.99 Å². The van der Waals surface area contributed by atoms with Crippen LogP contribution < -0.4 is 4.74 Å². The molecule has 0 atom stereocenters. The summed E-state index contributed by atoms with van der Waals surface area (Å²) in [6.45, 7) is 3.92. The van der Waals surface area contributed by atoms with E-state index >= 15 is 0 Å². The first kappa shape index (κ1) is 17.9. The number of pyridine rings is 1. The number of aryl methyl sites for hydroxylation is 2. The van der Waals surface area contributed by atoms with Crippen LogP contribution in [-0.4, -0.2) is 35.6 Å². The van der Waals surface area contributed by atoms with Crippen molar-refractivity contribution in [3.63, 3.8) is 0 Å². The molecular weight excluding hydrogens is 346 g/mol. The zero-order chi connectivity index (χ0) is 18.5. The summed E-state index contributed by atoms with van der Waals surface area (Å²) in [7, 11) is 1.62. The van der Waals surface area contributed by atoms with Crippen LogP contribution in [0, 0.1) is 13.8 Å². The van der Waals surface area contributed by atoms with Crippen LogP contribution in [0.15, 0.2) is 47.6 Å². The molecule has 0 fully saturated rings. The number of carbonyl (C=O) groups is 1. The fourth-order valence-electron chi connectivity index (χ4n) is 2.46. The van der Waals surface area contributed by atoms with Gasteiger partial charge in [0.15, 0.2) is 5.78 Å². The molecule has 132 valence electrons. The van der Waals surface area contributed by atoms with Crippen molar-refractivity contribution in [3.8, 4) is 16.5 Å². The van der Waals surface area contributed by atoms with Gasteiger partial charge in [-0.1, -0.05) is 6.07 Å². The first-order valence-electron chi connectivity index (χ1n) is 8.15. The van der Waals surface area contributed by atoms with Crippen LogP contribution in [0.1, 0.15) is 26.5 Å². The molecule has 0 saturated heterocycles. The van der Waals surface area contributed by atoms with Gasteiger partial charge >= 0.3 is 0 Å². The van der Waals surface area contributed by atoms with Crippen molar-refractivity contribution in [1.29, 1.82) is 0 Å². The van der Waals surface area contributed by atoms with E-state index in [9.17, 15) is 4.79 Å². The summed E-state index contributed by atoms with van der Waals surface area (Å²) in [6.07, 6.45) is 3.43. The standard InChI is InChI=1S/C20H19N3O2S/c1-13-5-4-10-22-18(13)20-23-14(2)19(26-20)17(24)12-21-11-15-6-8-16(25-3)9-7-15/h4-11H,12H2,1-3H3. The third kappa shape index (κ3) is 4.03. The minimum atomic E-state index is -0.0374. The third-order valence-corrected chi connectivity index (χ3v) is 5.06. The van der Waals surface area contributed by atoms with Crippen molar-refractivity contribution in [3.05, 3.63) is 64.3 Å². The number of ether oxygens (including phenoxy) is 1. The number of hydrogen-bond acceptors (Lipinski definition) is 6. The normalized spacial score (nSPS) is 11.0. The monoisotopic (exact) mass is 365 g/mol. The molecule has 26 heavy (non-hydrogen) atoms. The Kier molecular flexibility index (Phi) is 5.53. The molecule has 1 aromatic carbocycles. The molecule has 0 bridgehead atoms. The number of thiazole rings is 1. The molecule has 0 aliphatic heterocycles. The number of nitrogens with zero attached hydrogens (tertiary/aromatic N) is 3. The first-order chi connectivity index (χ1) is 12.6. The number of rotatable bonds is 6.